The second-order valence-electron chi connectivity index (χ2n) is 4.16. The first-order valence-electron chi connectivity index (χ1n) is 5.38. The molecule has 0 unspecified atom stereocenters. The topological polar surface area (TPSA) is 26.3 Å². The molecule has 0 aliphatic heterocycles. The van der Waals surface area contributed by atoms with E-state index >= 15 is 0 Å². The minimum atomic E-state index is -0.0568. The SMILES string of the molecule is CCC(=O)OCC1CCC(C)CC1. The Balaban J connectivity index is 2.12. The molecule has 2 heteroatoms. The van der Waals surface area contributed by atoms with Gasteiger partial charge in [0.1, 0.15) is 0 Å². The Morgan fingerprint density at radius 3 is 2.46 bits per heavy atom. The third-order valence-electron chi connectivity index (χ3n) is 2.90. The Morgan fingerprint density at radius 2 is 1.92 bits per heavy atom. The second-order valence-corrected chi connectivity index (χ2v) is 4.16. The van der Waals surface area contributed by atoms with Gasteiger partial charge in [-0.25, -0.2) is 0 Å². The lowest BCUT2D eigenvalue weighted by Gasteiger charge is -2.25. The predicted octanol–water partition coefficient (Wildman–Crippen LogP) is 2.77. The predicted molar refractivity (Wildman–Crippen MR) is 52.4 cm³/mol. The first kappa shape index (κ1) is 10.6. The molecule has 1 saturated carbocycles. The van der Waals surface area contributed by atoms with Crippen molar-refractivity contribution in [3.63, 3.8) is 0 Å². The standard InChI is InChI=1S/C11H20O2/c1-3-11(12)13-8-10-6-4-9(2)5-7-10/h9-10H,3-8H2,1-2H3. The van der Waals surface area contributed by atoms with Gasteiger partial charge >= 0.3 is 5.97 Å². The average Bonchev–Trinajstić information content (AvgIpc) is 2.16. The van der Waals surface area contributed by atoms with Gasteiger partial charge in [0.15, 0.2) is 0 Å². The molecule has 76 valence electrons. The molecule has 0 bridgehead atoms. The smallest absolute Gasteiger partial charge is 0.305 e. The Hall–Kier alpha value is -0.530. The summed E-state index contributed by atoms with van der Waals surface area (Å²) in [6.07, 6.45) is 5.57. The quantitative estimate of drug-likeness (QED) is 0.630. The lowest BCUT2D eigenvalue weighted by Crippen LogP contribution is -2.19. The van der Waals surface area contributed by atoms with Crippen LogP contribution in [0.1, 0.15) is 46.0 Å². The fourth-order valence-corrected chi connectivity index (χ4v) is 1.81. The van der Waals surface area contributed by atoms with Gasteiger partial charge in [-0.05, 0) is 24.7 Å². The van der Waals surface area contributed by atoms with E-state index in [1.165, 1.54) is 25.7 Å². The van der Waals surface area contributed by atoms with Gasteiger partial charge in [0.05, 0.1) is 6.61 Å². The van der Waals surface area contributed by atoms with Gasteiger partial charge in [-0.15, -0.1) is 0 Å². The summed E-state index contributed by atoms with van der Waals surface area (Å²) in [6, 6.07) is 0. The molecule has 0 saturated heterocycles. The van der Waals surface area contributed by atoms with E-state index in [2.05, 4.69) is 6.92 Å². The van der Waals surface area contributed by atoms with Crippen LogP contribution < -0.4 is 0 Å². The molecule has 0 amide bonds. The minimum absolute atomic E-state index is 0.0568. The molecule has 0 aromatic rings. The van der Waals surface area contributed by atoms with E-state index in [1.54, 1.807) is 0 Å². The molecular weight excluding hydrogens is 164 g/mol. The molecule has 0 aromatic heterocycles. The molecule has 1 rings (SSSR count). The number of ether oxygens (including phenoxy) is 1. The first-order valence-corrected chi connectivity index (χ1v) is 5.38. The number of hydrogen-bond donors (Lipinski definition) is 0. The Kier molecular flexibility index (Phi) is 4.26. The summed E-state index contributed by atoms with van der Waals surface area (Å²) in [6.45, 7) is 4.79. The van der Waals surface area contributed by atoms with Gasteiger partial charge in [-0.1, -0.05) is 26.7 Å². The van der Waals surface area contributed by atoms with Crippen molar-refractivity contribution in [2.75, 3.05) is 6.61 Å². The van der Waals surface area contributed by atoms with E-state index in [-0.39, 0.29) is 5.97 Å². The number of hydrogen-bond acceptors (Lipinski definition) is 2. The lowest BCUT2D eigenvalue weighted by atomic mass is 9.83. The molecule has 1 aliphatic carbocycles. The van der Waals surface area contributed by atoms with Crippen LogP contribution in [0.5, 0.6) is 0 Å². The molecule has 0 radical (unpaired) electrons. The van der Waals surface area contributed by atoms with Crippen molar-refractivity contribution in [1.82, 2.24) is 0 Å². The van der Waals surface area contributed by atoms with Crippen LogP contribution in [0.25, 0.3) is 0 Å². The Bertz CT molecular complexity index is 157. The summed E-state index contributed by atoms with van der Waals surface area (Å²) in [5.41, 5.74) is 0. The maximum atomic E-state index is 10.9. The summed E-state index contributed by atoms with van der Waals surface area (Å²) >= 11 is 0. The first-order chi connectivity index (χ1) is 6.22. The fourth-order valence-electron chi connectivity index (χ4n) is 1.81. The van der Waals surface area contributed by atoms with E-state index in [9.17, 15) is 4.79 Å². The molecule has 0 spiro atoms. The van der Waals surface area contributed by atoms with E-state index < -0.39 is 0 Å². The van der Waals surface area contributed by atoms with Crippen LogP contribution in [0.4, 0.5) is 0 Å². The monoisotopic (exact) mass is 184 g/mol. The van der Waals surface area contributed by atoms with Crippen molar-refractivity contribution in [1.29, 1.82) is 0 Å². The number of carbonyl (C=O) groups excluding carboxylic acids is 1. The molecule has 1 aliphatic rings. The molecule has 0 N–H and O–H groups in total. The molecule has 0 heterocycles. The third kappa shape index (κ3) is 3.79. The van der Waals surface area contributed by atoms with Gasteiger partial charge in [0.2, 0.25) is 0 Å². The summed E-state index contributed by atoms with van der Waals surface area (Å²) in [7, 11) is 0. The van der Waals surface area contributed by atoms with E-state index in [1.807, 2.05) is 6.92 Å². The Labute approximate surface area is 80.7 Å². The van der Waals surface area contributed by atoms with Gasteiger partial charge in [-0.2, -0.15) is 0 Å². The van der Waals surface area contributed by atoms with Crippen molar-refractivity contribution >= 4 is 5.97 Å². The fraction of sp³-hybridized carbons (Fsp3) is 0.909. The normalized spacial score (nSPS) is 28.5. The van der Waals surface area contributed by atoms with E-state index in [4.69, 9.17) is 4.74 Å². The number of rotatable bonds is 3. The third-order valence-corrected chi connectivity index (χ3v) is 2.90. The van der Waals surface area contributed by atoms with Gasteiger partial charge < -0.3 is 4.74 Å². The molecule has 0 aromatic carbocycles. The van der Waals surface area contributed by atoms with E-state index in [0.717, 1.165) is 5.92 Å². The van der Waals surface area contributed by atoms with Crippen molar-refractivity contribution < 1.29 is 9.53 Å². The maximum Gasteiger partial charge on any atom is 0.305 e. The summed E-state index contributed by atoms with van der Waals surface area (Å²) in [4.78, 5) is 10.9. The zero-order chi connectivity index (χ0) is 9.68. The van der Waals surface area contributed by atoms with Crippen LogP contribution in [-0.4, -0.2) is 12.6 Å². The average molecular weight is 184 g/mol. The number of esters is 1. The molecule has 13 heavy (non-hydrogen) atoms. The highest BCUT2D eigenvalue weighted by Gasteiger charge is 2.18. The van der Waals surface area contributed by atoms with Crippen LogP contribution in [-0.2, 0) is 9.53 Å². The minimum Gasteiger partial charge on any atom is -0.465 e. The summed E-state index contributed by atoms with van der Waals surface area (Å²) < 4.78 is 5.13. The van der Waals surface area contributed by atoms with Gasteiger partial charge in [0.25, 0.3) is 0 Å². The molecule has 0 atom stereocenters. The Morgan fingerprint density at radius 1 is 1.31 bits per heavy atom. The molecular formula is C11H20O2. The summed E-state index contributed by atoms with van der Waals surface area (Å²) in [5, 5.41) is 0. The van der Waals surface area contributed by atoms with Gasteiger partial charge in [0, 0.05) is 6.42 Å². The van der Waals surface area contributed by atoms with Crippen LogP contribution in [0.2, 0.25) is 0 Å². The molecule has 1 fully saturated rings. The van der Waals surface area contributed by atoms with Crippen LogP contribution in [0.15, 0.2) is 0 Å². The van der Waals surface area contributed by atoms with E-state index in [0.29, 0.717) is 18.9 Å². The summed E-state index contributed by atoms with van der Waals surface area (Å²) in [5.74, 6) is 1.45. The molecule has 2 nitrogen and oxygen atoms in total. The van der Waals surface area contributed by atoms with Crippen LogP contribution >= 0.6 is 0 Å². The zero-order valence-electron chi connectivity index (χ0n) is 8.71. The largest absolute Gasteiger partial charge is 0.465 e. The highest BCUT2D eigenvalue weighted by Crippen LogP contribution is 2.28. The number of carbonyl (C=O) groups is 1. The lowest BCUT2D eigenvalue weighted by molar-refractivity contribution is -0.145. The van der Waals surface area contributed by atoms with Crippen molar-refractivity contribution in [3.05, 3.63) is 0 Å². The van der Waals surface area contributed by atoms with Crippen molar-refractivity contribution in [2.24, 2.45) is 11.8 Å². The van der Waals surface area contributed by atoms with Crippen LogP contribution in [0, 0.1) is 11.8 Å². The van der Waals surface area contributed by atoms with Crippen molar-refractivity contribution in [3.8, 4) is 0 Å². The van der Waals surface area contributed by atoms with Crippen LogP contribution in [0.3, 0.4) is 0 Å². The second kappa shape index (κ2) is 5.25. The van der Waals surface area contributed by atoms with Gasteiger partial charge in [-0.3, -0.25) is 4.79 Å². The highest BCUT2D eigenvalue weighted by molar-refractivity contribution is 5.68. The maximum absolute atomic E-state index is 10.9. The highest BCUT2D eigenvalue weighted by atomic mass is 16.5. The zero-order valence-corrected chi connectivity index (χ0v) is 8.71. The van der Waals surface area contributed by atoms with Crippen molar-refractivity contribution in [2.45, 2.75) is 46.0 Å².